The third-order valence-electron chi connectivity index (χ3n) is 4.37. The van der Waals surface area contributed by atoms with E-state index >= 15 is 0 Å². The van der Waals surface area contributed by atoms with Crippen LogP contribution in [-0.2, 0) is 0 Å². The van der Waals surface area contributed by atoms with Gasteiger partial charge in [-0.05, 0) is 37.5 Å². The average Bonchev–Trinajstić information content (AvgIpc) is 2.32. The summed E-state index contributed by atoms with van der Waals surface area (Å²) in [5.41, 5.74) is 2.64. The number of carbonyl (C=O) groups is 1. The molecule has 18 heavy (non-hydrogen) atoms. The average molecular weight is 247 g/mol. The standard InChI is InChI=1S/C15H21NO2/c1-9-6-5-7-11(10(9)2)14(18)16-12-8-13(17)15(12,3)4/h5-7,12-13,17H,8H2,1-4H3,(H,16,18). The van der Waals surface area contributed by atoms with Gasteiger partial charge in [0, 0.05) is 17.0 Å². The van der Waals surface area contributed by atoms with Gasteiger partial charge < -0.3 is 10.4 Å². The molecule has 3 nitrogen and oxygen atoms in total. The lowest BCUT2D eigenvalue weighted by Gasteiger charge is -2.49. The van der Waals surface area contributed by atoms with Crippen LogP contribution in [0.1, 0.15) is 41.8 Å². The molecule has 98 valence electrons. The summed E-state index contributed by atoms with van der Waals surface area (Å²) in [5, 5.41) is 12.7. The van der Waals surface area contributed by atoms with Gasteiger partial charge in [0.1, 0.15) is 0 Å². The minimum absolute atomic E-state index is 0.0406. The summed E-state index contributed by atoms with van der Waals surface area (Å²) >= 11 is 0. The molecular weight excluding hydrogens is 226 g/mol. The van der Waals surface area contributed by atoms with Gasteiger partial charge in [-0.15, -0.1) is 0 Å². The highest BCUT2D eigenvalue weighted by Crippen LogP contribution is 2.40. The Kier molecular flexibility index (Phi) is 3.20. The van der Waals surface area contributed by atoms with Crippen molar-refractivity contribution in [1.29, 1.82) is 0 Å². The van der Waals surface area contributed by atoms with Crippen LogP contribution in [0.3, 0.4) is 0 Å². The fourth-order valence-electron chi connectivity index (χ4n) is 2.38. The summed E-state index contributed by atoms with van der Waals surface area (Å²) in [5.74, 6) is -0.0406. The van der Waals surface area contributed by atoms with Crippen LogP contribution in [0.15, 0.2) is 18.2 Å². The van der Waals surface area contributed by atoms with Crippen molar-refractivity contribution in [3.63, 3.8) is 0 Å². The van der Waals surface area contributed by atoms with Crippen LogP contribution in [0.4, 0.5) is 0 Å². The lowest BCUT2D eigenvalue weighted by atomic mass is 9.64. The summed E-state index contributed by atoms with van der Waals surface area (Å²) < 4.78 is 0. The van der Waals surface area contributed by atoms with Crippen LogP contribution < -0.4 is 5.32 Å². The minimum atomic E-state index is -0.318. The SMILES string of the molecule is Cc1cccc(C(=O)NC2CC(O)C2(C)C)c1C. The Labute approximate surface area is 108 Å². The van der Waals surface area contributed by atoms with E-state index in [1.165, 1.54) is 0 Å². The number of aryl methyl sites for hydroxylation is 1. The molecule has 0 spiro atoms. The van der Waals surface area contributed by atoms with E-state index in [4.69, 9.17) is 0 Å². The first-order valence-corrected chi connectivity index (χ1v) is 6.39. The first-order chi connectivity index (χ1) is 8.34. The molecule has 0 bridgehead atoms. The summed E-state index contributed by atoms with van der Waals surface area (Å²) in [6.07, 6.45) is 0.324. The fourth-order valence-corrected chi connectivity index (χ4v) is 2.38. The van der Waals surface area contributed by atoms with Gasteiger partial charge in [0.15, 0.2) is 0 Å². The van der Waals surface area contributed by atoms with E-state index in [9.17, 15) is 9.90 Å². The van der Waals surface area contributed by atoms with Crippen LogP contribution in [0.25, 0.3) is 0 Å². The Bertz CT molecular complexity index is 479. The number of nitrogens with one attached hydrogen (secondary N) is 1. The molecule has 1 fully saturated rings. The van der Waals surface area contributed by atoms with Crippen molar-refractivity contribution in [2.75, 3.05) is 0 Å². The van der Waals surface area contributed by atoms with Gasteiger partial charge in [-0.1, -0.05) is 26.0 Å². The highest BCUT2D eigenvalue weighted by Gasteiger charge is 2.48. The van der Waals surface area contributed by atoms with Gasteiger partial charge >= 0.3 is 0 Å². The largest absolute Gasteiger partial charge is 0.392 e. The molecule has 0 saturated heterocycles. The zero-order valence-corrected chi connectivity index (χ0v) is 11.4. The molecule has 2 unspecified atom stereocenters. The predicted molar refractivity (Wildman–Crippen MR) is 71.6 cm³/mol. The molecule has 0 aliphatic heterocycles. The third-order valence-corrected chi connectivity index (χ3v) is 4.37. The molecule has 1 aliphatic carbocycles. The van der Waals surface area contributed by atoms with Gasteiger partial charge in [0.25, 0.3) is 5.91 Å². The molecule has 2 atom stereocenters. The van der Waals surface area contributed by atoms with Crippen LogP contribution in [0.2, 0.25) is 0 Å². The maximum absolute atomic E-state index is 12.2. The molecule has 0 heterocycles. The Morgan fingerprint density at radius 1 is 1.39 bits per heavy atom. The molecule has 1 saturated carbocycles. The van der Waals surface area contributed by atoms with Crippen molar-refractivity contribution in [3.05, 3.63) is 34.9 Å². The first-order valence-electron chi connectivity index (χ1n) is 6.39. The van der Waals surface area contributed by atoms with Crippen molar-refractivity contribution >= 4 is 5.91 Å². The van der Waals surface area contributed by atoms with E-state index in [0.717, 1.165) is 16.7 Å². The molecule has 1 aliphatic rings. The van der Waals surface area contributed by atoms with E-state index < -0.39 is 0 Å². The smallest absolute Gasteiger partial charge is 0.251 e. The van der Waals surface area contributed by atoms with Gasteiger partial charge in [0.2, 0.25) is 0 Å². The fraction of sp³-hybridized carbons (Fsp3) is 0.533. The Balaban J connectivity index is 2.12. The van der Waals surface area contributed by atoms with E-state index in [1.54, 1.807) is 0 Å². The van der Waals surface area contributed by atoms with Gasteiger partial charge in [-0.25, -0.2) is 0 Å². The number of aliphatic hydroxyl groups is 1. The number of rotatable bonds is 2. The molecule has 2 rings (SSSR count). The van der Waals surface area contributed by atoms with Gasteiger partial charge in [-0.2, -0.15) is 0 Å². The van der Waals surface area contributed by atoms with Crippen molar-refractivity contribution in [2.45, 2.75) is 46.3 Å². The van der Waals surface area contributed by atoms with Crippen molar-refractivity contribution < 1.29 is 9.90 Å². The van der Waals surface area contributed by atoms with Crippen LogP contribution in [-0.4, -0.2) is 23.2 Å². The number of carbonyl (C=O) groups excluding carboxylic acids is 1. The van der Waals surface area contributed by atoms with Gasteiger partial charge in [0.05, 0.1) is 6.10 Å². The molecule has 2 N–H and O–H groups in total. The van der Waals surface area contributed by atoms with Crippen molar-refractivity contribution in [3.8, 4) is 0 Å². The van der Waals surface area contributed by atoms with E-state index in [2.05, 4.69) is 5.32 Å². The van der Waals surface area contributed by atoms with Gasteiger partial charge in [-0.3, -0.25) is 4.79 Å². The molecule has 3 heteroatoms. The lowest BCUT2D eigenvalue weighted by Crippen LogP contribution is -2.61. The maximum atomic E-state index is 12.2. The Morgan fingerprint density at radius 2 is 2.06 bits per heavy atom. The highest BCUT2D eigenvalue weighted by atomic mass is 16.3. The number of hydrogen-bond acceptors (Lipinski definition) is 2. The van der Waals surface area contributed by atoms with Crippen LogP contribution in [0.5, 0.6) is 0 Å². The van der Waals surface area contributed by atoms with E-state index in [-0.39, 0.29) is 23.5 Å². The first kappa shape index (κ1) is 13.1. The molecule has 0 aromatic heterocycles. The molecule has 1 amide bonds. The zero-order chi connectivity index (χ0) is 13.5. The number of hydrogen-bond donors (Lipinski definition) is 2. The highest BCUT2D eigenvalue weighted by molar-refractivity contribution is 5.96. The summed E-state index contributed by atoms with van der Waals surface area (Å²) in [6.45, 7) is 7.93. The third kappa shape index (κ3) is 2.03. The van der Waals surface area contributed by atoms with E-state index in [0.29, 0.717) is 6.42 Å². The summed E-state index contributed by atoms with van der Waals surface area (Å²) in [6, 6.07) is 5.81. The maximum Gasteiger partial charge on any atom is 0.251 e. The minimum Gasteiger partial charge on any atom is -0.392 e. The second-order valence-electron chi connectivity index (χ2n) is 5.85. The van der Waals surface area contributed by atoms with Crippen LogP contribution >= 0.6 is 0 Å². The van der Waals surface area contributed by atoms with Crippen molar-refractivity contribution in [2.24, 2.45) is 5.41 Å². The Hall–Kier alpha value is -1.35. The summed E-state index contributed by atoms with van der Waals surface area (Å²) in [7, 11) is 0. The second-order valence-corrected chi connectivity index (χ2v) is 5.85. The van der Waals surface area contributed by atoms with Crippen LogP contribution in [0, 0.1) is 19.3 Å². The molecule has 0 radical (unpaired) electrons. The summed E-state index contributed by atoms with van der Waals surface area (Å²) in [4.78, 5) is 12.2. The molecule has 1 aromatic rings. The molecular formula is C15H21NO2. The normalized spacial score (nSPS) is 25.4. The van der Waals surface area contributed by atoms with E-state index in [1.807, 2.05) is 45.9 Å². The Morgan fingerprint density at radius 3 is 2.61 bits per heavy atom. The van der Waals surface area contributed by atoms with Crippen molar-refractivity contribution in [1.82, 2.24) is 5.32 Å². The quantitative estimate of drug-likeness (QED) is 0.841. The predicted octanol–water partition coefficient (Wildman–Crippen LogP) is 2.19. The molecule has 1 aromatic carbocycles. The number of aliphatic hydroxyl groups excluding tert-OH is 1. The monoisotopic (exact) mass is 247 g/mol. The lowest BCUT2D eigenvalue weighted by molar-refractivity contribution is -0.0689. The topological polar surface area (TPSA) is 49.3 Å². The zero-order valence-electron chi connectivity index (χ0n) is 11.4. The number of benzene rings is 1. The number of amides is 1. The second kappa shape index (κ2) is 4.39.